The Balaban J connectivity index is 2.57. The van der Waals surface area contributed by atoms with Crippen LogP contribution in [0.4, 0.5) is 0 Å². The molecule has 0 aliphatic carbocycles. The minimum Gasteiger partial charge on any atom is -0.480 e. The van der Waals surface area contributed by atoms with Crippen molar-refractivity contribution in [3.8, 4) is 0 Å². The first-order valence-corrected chi connectivity index (χ1v) is 5.87. The smallest absolute Gasteiger partial charge is 0.323 e. The molecule has 0 radical (unpaired) electrons. The quantitative estimate of drug-likeness (QED) is 0.823. The van der Waals surface area contributed by atoms with Crippen molar-refractivity contribution >= 4 is 5.97 Å². The Morgan fingerprint density at radius 1 is 1.35 bits per heavy atom. The molecule has 0 amide bonds. The van der Waals surface area contributed by atoms with E-state index in [4.69, 9.17) is 5.11 Å². The number of hydrogen-bond donors (Lipinski definition) is 2. The summed E-state index contributed by atoms with van der Waals surface area (Å²) >= 11 is 0. The molecule has 3 heteroatoms. The van der Waals surface area contributed by atoms with E-state index in [1.807, 2.05) is 0 Å². The molecule has 94 valence electrons. The molecule has 3 nitrogen and oxygen atoms in total. The number of nitrogens with one attached hydrogen (secondary N) is 1. The van der Waals surface area contributed by atoms with Crippen LogP contribution in [0.5, 0.6) is 0 Å². The number of benzene rings is 1. The predicted octanol–water partition coefficient (Wildman–Crippen LogP) is 2.30. The minimum absolute atomic E-state index is 0.670. The highest BCUT2D eigenvalue weighted by molar-refractivity contribution is 5.77. The van der Waals surface area contributed by atoms with E-state index in [0.717, 1.165) is 6.42 Å². The van der Waals surface area contributed by atoms with Crippen LogP contribution >= 0.6 is 0 Å². The Morgan fingerprint density at radius 3 is 2.59 bits per heavy atom. The van der Waals surface area contributed by atoms with Crippen molar-refractivity contribution in [2.45, 2.75) is 39.7 Å². The van der Waals surface area contributed by atoms with Crippen LogP contribution in [-0.4, -0.2) is 23.2 Å². The highest BCUT2D eigenvalue weighted by Crippen LogP contribution is 2.11. The van der Waals surface area contributed by atoms with Crippen molar-refractivity contribution in [2.75, 3.05) is 6.54 Å². The summed E-state index contributed by atoms with van der Waals surface area (Å²) in [6.45, 7) is 8.18. The Morgan fingerprint density at radius 2 is 2.00 bits per heavy atom. The summed E-state index contributed by atoms with van der Waals surface area (Å²) in [5.74, 6) is -0.821. The van der Waals surface area contributed by atoms with Crippen molar-refractivity contribution in [3.05, 3.63) is 34.9 Å². The van der Waals surface area contributed by atoms with Crippen LogP contribution in [-0.2, 0) is 11.2 Å². The highest BCUT2D eigenvalue weighted by atomic mass is 16.4. The first-order valence-electron chi connectivity index (χ1n) is 5.87. The summed E-state index contributed by atoms with van der Waals surface area (Å²) in [4.78, 5) is 10.9. The zero-order valence-corrected chi connectivity index (χ0v) is 11.0. The van der Waals surface area contributed by atoms with Crippen LogP contribution in [0.25, 0.3) is 0 Å². The van der Waals surface area contributed by atoms with Gasteiger partial charge < -0.3 is 10.4 Å². The SMILES string of the molecule is Cc1ccc(C)c(CCNC(C)(C)C(=O)O)c1. The molecule has 0 unspecified atom stereocenters. The van der Waals surface area contributed by atoms with Gasteiger partial charge in [0.2, 0.25) is 0 Å². The maximum Gasteiger partial charge on any atom is 0.323 e. The van der Waals surface area contributed by atoms with Crippen LogP contribution in [0.15, 0.2) is 18.2 Å². The summed E-state index contributed by atoms with van der Waals surface area (Å²) in [6.07, 6.45) is 0.851. The van der Waals surface area contributed by atoms with Gasteiger partial charge in [0.1, 0.15) is 5.54 Å². The summed E-state index contributed by atoms with van der Waals surface area (Å²) in [5.41, 5.74) is 2.91. The Kier molecular flexibility index (Phi) is 4.29. The third-order valence-corrected chi connectivity index (χ3v) is 3.00. The Bertz CT molecular complexity index is 411. The number of aryl methyl sites for hydroxylation is 2. The molecule has 0 fully saturated rings. The van der Waals surface area contributed by atoms with Gasteiger partial charge in [-0.25, -0.2) is 0 Å². The fraction of sp³-hybridized carbons (Fsp3) is 0.500. The van der Waals surface area contributed by atoms with Gasteiger partial charge in [-0.2, -0.15) is 0 Å². The van der Waals surface area contributed by atoms with E-state index in [0.29, 0.717) is 6.54 Å². The fourth-order valence-corrected chi connectivity index (χ4v) is 1.65. The molecule has 0 atom stereocenters. The molecule has 0 aromatic heterocycles. The summed E-state index contributed by atoms with van der Waals surface area (Å²) in [7, 11) is 0. The molecule has 0 saturated carbocycles. The van der Waals surface area contributed by atoms with Gasteiger partial charge in [-0.3, -0.25) is 4.79 Å². The fourth-order valence-electron chi connectivity index (χ4n) is 1.65. The van der Waals surface area contributed by atoms with Crippen molar-refractivity contribution in [1.82, 2.24) is 5.32 Å². The predicted molar refractivity (Wildman–Crippen MR) is 69.3 cm³/mol. The van der Waals surface area contributed by atoms with Crippen molar-refractivity contribution in [3.63, 3.8) is 0 Å². The van der Waals surface area contributed by atoms with E-state index in [-0.39, 0.29) is 0 Å². The zero-order valence-electron chi connectivity index (χ0n) is 11.0. The van der Waals surface area contributed by atoms with Gasteiger partial charge in [-0.15, -0.1) is 0 Å². The lowest BCUT2D eigenvalue weighted by Crippen LogP contribution is -2.47. The molecule has 0 spiro atoms. The zero-order chi connectivity index (χ0) is 13.1. The van der Waals surface area contributed by atoms with Crippen LogP contribution in [0.1, 0.15) is 30.5 Å². The molecule has 0 heterocycles. The molecule has 0 aliphatic heterocycles. The third kappa shape index (κ3) is 3.86. The third-order valence-electron chi connectivity index (χ3n) is 3.00. The average Bonchev–Trinajstić information content (AvgIpc) is 2.22. The molecule has 0 saturated heterocycles. The maximum absolute atomic E-state index is 10.9. The molecule has 1 aromatic rings. The Labute approximate surface area is 103 Å². The standard InChI is InChI=1S/C14H21NO2/c1-10-5-6-11(2)12(9-10)7-8-15-14(3,4)13(16)17/h5-6,9,15H,7-8H2,1-4H3,(H,16,17). The van der Waals surface area contributed by atoms with Gasteiger partial charge in [0.15, 0.2) is 0 Å². The van der Waals surface area contributed by atoms with E-state index in [2.05, 4.69) is 37.4 Å². The lowest BCUT2D eigenvalue weighted by atomic mass is 10.0. The lowest BCUT2D eigenvalue weighted by molar-refractivity contribution is -0.143. The summed E-state index contributed by atoms with van der Waals surface area (Å²) in [5, 5.41) is 12.0. The summed E-state index contributed by atoms with van der Waals surface area (Å²) < 4.78 is 0. The number of carboxylic acids is 1. The maximum atomic E-state index is 10.9. The number of rotatable bonds is 5. The van der Waals surface area contributed by atoms with E-state index >= 15 is 0 Å². The van der Waals surface area contributed by atoms with Crippen molar-refractivity contribution in [2.24, 2.45) is 0 Å². The first-order chi connectivity index (χ1) is 7.83. The topological polar surface area (TPSA) is 49.3 Å². The van der Waals surface area contributed by atoms with E-state index in [1.165, 1.54) is 16.7 Å². The van der Waals surface area contributed by atoms with Crippen LogP contribution in [0.2, 0.25) is 0 Å². The van der Waals surface area contributed by atoms with Gasteiger partial charge in [0.05, 0.1) is 0 Å². The number of carbonyl (C=O) groups is 1. The van der Waals surface area contributed by atoms with E-state index in [9.17, 15) is 4.79 Å². The highest BCUT2D eigenvalue weighted by Gasteiger charge is 2.25. The minimum atomic E-state index is -0.863. The summed E-state index contributed by atoms with van der Waals surface area (Å²) in [6, 6.07) is 6.35. The molecular weight excluding hydrogens is 214 g/mol. The van der Waals surface area contributed by atoms with Crippen molar-refractivity contribution in [1.29, 1.82) is 0 Å². The molecule has 2 N–H and O–H groups in total. The molecule has 1 aromatic carbocycles. The largest absolute Gasteiger partial charge is 0.480 e. The monoisotopic (exact) mass is 235 g/mol. The molecule has 0 aliphatic rings. The van der Waals surface area contributed by atoms with Crippen molar-refractivity contribution < 1.29 is 9.90 Å². The average molecular weight is 235 g/mol. The number of hydrogen-bond acceptors (Lipinski definition) is 2. The Hall–Kier alpha value is -1.35. The normalized spacial score (nSPS) is 11.5. The van der Waals surface area contributed by atoms with E-state index in [1.54, 1.807) is 13.8 Å². The molecule has 0 bridgehead atoms. The van der Waals surface area contributed by atoms with Gasteiger partial charge >= 0.3 is 5.97 Å². The van der Waals surface area contributed by atoms with Gasteiger partial charge in [0.25, 0.3) is 0 Å². The second-order valence-corrected chi connectivity index (χ2v) is 5.04. The number of carboxylic acid groups (broad SMARTS) is 1. The molecular formula is C14H21NO2. The molecule has 17 heavy (non-hydrogen) atoms. The van der Waals surface area contributed by atoms with Gasteiger partial charge in [-0.1, -0.05) is 23.8 Å². The second-order valence-electron chi connectivity index (χ2n) is 5.04. The van der Waals surface area contributed by atoms with Crippen LogP contribution in [0.3, 0.4) is 0 Å². The lowest BCUT2D eigenvalue weighted by Gasteiger charge is -2.21. The van der Waals surface area contributed by atoms with Crippen LogP contribution < -0.4 is 5.32 Å². The first kappa shape index (κ1) is 13.7. The second kappa shape index (κ2) is 5.32. The number of aliphatic carboxylic acids is 1. The van der Waals surface area contributed by atoms with E-state index < -0.39 is 11.5 Å². The van der Waals surface area contributed by atoms with Gasteiger partial charge in [-0.05, 0) is 45.2 Å². The van der Waals surface area contributed by atoms with Crippen LogP contribution in [0, 0.1) is 13.8 Å². The molecule has 1 rings (SSSR count). The van der Waals surface area contributed by atoms with Gasteiger partial charge in [0, 0.05) is 6.54 Å².